The van der Waals surface area contributed by atoms with Crippen LogP contribution in [0.15, 0.2) is 41.8 Å². The fourth-order valence-electron chi connectivity index (χ4n) is 4.38. The van der Waals surface area contributed by atoms with Crippen LogP contribution in [0.25, 0.3) is 0 Å². The molecule has 3 rings (SSSR count). The van der Waals surface area contributed by atoms with Gasteiger partial charge in [0, 0.05) is 38.3 Å². The summed E-state index contributed by atoms with van der Waals surface area (Å²) >= 11 is 0. The molecule has 0 unspecified atom stereocenters. The monoisotopic (exact) mass is 434 g/mol. The van der Waals surface area contributed by atoms with Crippen molar-refractivity contribution in [3.8, 4) is 0 Å². The van der Waals surface area contributed by atoms with Crippen LogP contribution in [0.4, 0.5) is 0 Å². The summed E-state index contributed by atoms with van der Waals surface area (Å²) in [7, 11) is -1.86. The Bertz CT molecular complexity index is 808. The van der Waals surface area contributed by atoms with Crippen LogP contribution >= 0.6 is 0 Å². The van der Waals surface area contributed by atoms with Gasteiger partial charge in [0.15, 0.2) is 0 Å². The Balaban J connectivity index is 1.58. The molecular weight excluding hydrogens is 400 g/mol. The number of piperidine rings is 1. The molecule has 30 heavy (non-hydrogen) atoms. The number of likely N-dealkylation sites (tertiary alicyclic amines) is 1. The van der Waals surface area contributed by atoms with Gasteiger partial charge in [-0.05, 0) is 55.9 Å². The standard InChI is InChI=1S/C23H34N2O4S/c1-3-17-29-18-19-13-15-25(16-14-19)23(26)20-9-11-22(12-10-20)30(27,28)24(2)21-7-5-4-6-8-21/h3,9-12,19,21H,1,4-8,13-18H2,2H3. The predicted molar refractivity (Wildman–Crippen MR) is 118 cm³/mol. The molecule has 1 saturated heterocycles. The highest BCUT2D eigenvalue weighted by Crippen LogP contribution is 2.27. The minimum Gasteiger partial charge on any atom is -0.377 e. The van der Waals surface area contributed by atoms with E-state index in [1.807, 2.05) is 4.90 Å². The highest BCUT2D eigenvalue weighted by atomic mass is 32.2. The first-order chi connectivity index (χ1) is 14.4. The van der Waals surface area contributed by atoms with Crippen molar-refractivity contribution in [2.45, 2.75) is 55.9 Å². The molecule has 1 amide bonds. The van der Waals surface area contributed by atoms with Crippen LogP contribution < -0.4 is 0 Å². The van der Waals surface area contributed by atoms with E-state index in [0.29, 0.717) is 37.8 Å². The topological polar surface area (TPSA) is 66.9 Å². The SMILES string of the molecule is C=CCOCC1CCN(C(=O)c2ccc(S(=O)(=O)N(C)C3CCCCC3)cc2)CC1. The van der Waals surface area contributed by atoms with Crippen molar-refractivity contribution in [1.82, 2.24) is 9.21 Å². The second kappa shape index (κ2) is 10.6. The number of carbonyl (C=O) groups excluding carboxylic acids is 1. The molecule has 0 bridgehead atoms. The molecule has 0 atom stereocenters. The van der Waals surface area contributed by atoms with E-state index in [1.165, 1.54) is 10.7 Å². The maximum absolute atomic E-state index is 13.0. The highest BCUT2D eigenvalue weighted by Gasteiger charge is 2.29. The van der Waals surface area contributed by atoms with Gasteiger partial charge in [-0.15, -0.1) is 6.58 Å². The van der Waals surface area contributed by atoms with Crippen molar-refractivity contribution in [1.29, 1.82) is 0 Å². The molecule has 2 aliphatic rings. The average Bonchev–Trinajstić information content (AvgIpc) is 2.79. The number of ether oxygens (including phenoxy) is 1. The molecule has 166 valence electrons. The van der Waals surface area contributed by atoms with Gasteiger partial charge in [-0.3, -0.25) is 4.79 Å². The third kappa shape index (κ3) is 5.50. The first kappa shape index (κ1) is 23.0. The molecule has 1 aromatic rings. The molecule has 0 spiro atoms. The normalized spacial score (nSPS) is 19.2. The van der Waals surface area contributed by atoms with Gasteiger partial charge in [0.2, 0.25) is 10.0 Å². The van der Waals surface area contributed by atoms with Gasteiger partial charge in [-0.25, -0.2) is 8.42 Å². The van der Waals surface area contributed by atoms with E-state index in [1.54, 1.807) is 37.4 Å². The van der Waals surface area contributed by atoms with Gasteiger partial charge in [-0.2, -0.15) is 4.31 Å². The van der Waals surface area contributed by atoms with E-state index in [0.717, 1.165) is 38.5 Å². The molecule has 0 N–H and O–H groups in total. The van der Waals surface area contributed by atoms with E-state index < -0.39 is 10.0 Å². The number of benzene rings is 1. The Kier molecular flexibility index (Phi) is 8.08. The Labute approximate surface area is 180 Å². The fourth-order valence-corrected chi connectivity index (χ4v) is 5.80. The lowest BCUT2D eigenvalue weighted by atomic mass is 9.96. The van der Waals surface area contributed by atoms with Crippen molar-refractivity contribution < 1.29 is 17.9 Å². The predicted octanol–water partition coefficient (Wildman–Crippen LogP) is 3.69. The van der Waals surface area contributed by atoms with E-state index in [9.17, 15) is 13.2 Å². The summed E-state index contributed by atoms with van der Waals surface area (Å²) in [6.07, 6.45) is 8.75. The zero-order valence-electron chi connectivity index (χ0n) is 18.0. The number of hydrogen-bond donors (Lipinski definition) is 0. The Hall–Kier alpha value is -1.70. The van der Waals surface area contributed by atoms with Crippen molar-refractivity contribution in [3.05, 3.63) is 42.5 Å². The van der Waals surface area contributed by atoms with E-state index in [-0.39, 0.29) is 16.8 Å². The van der Waals surface area contributed by atoms with E-state index >= 15 is 0 Å². The summed E-state index contributed by atoms with van der Waals surface area (Å²) in [6.45, 7) is 6.31. The summed E-state index contributed by atoms with van der Waals surface area (Å²) < 4.78 is 33.0. The van der Waals surface area contributed by atoms with Crippen molar-refractivity contribution in [2.24, 2.45) is 5.92 Å². The first-order valence-electron chi connectivity index (χ1n) is 11.0. The number of nitrogens with zero attached hydrogens (tertiary/aromatic N) is 2. The molecule has 1 saturated carbocycles. The lowest BCUT2D eigenvalue weighted by molar-refractivity contribution is 0.0575. The molecule has 1 aromatic carbocycles. The van der Waals surface area contributed by atoms with Crippen LogP contribution in [-0.4, -0.2) is 62.9 Å². The van der Waals surface area contributed by atoms with Crippen LogP contribution in [0.3, 0.4) is 0 Å². The maximum Gasteiger partial charge on any atom is 0.253 e. The van der Waals surface area contributed by atoms with Crippen molar-refractivity contribution in [3.63, 3.8) is 0 Å². The Morgan fingerprint density at radius 2 is 1.77 bits per heavy atom. The van der Waals surface area contributed by atoms with Gasteiger partial charge < -0.3 is 9.64 Å². The molecule has 0 aromatic heterocycles. The van der Waals surface area contributed by atoms with Crippen LogP contribution in [0.1, 0.15) is 55.3 Å². The molecule has 6 nitrogen and oxygen atoms in total. The fraction of sp³-hybridized carbons (Fsp3) is 0.609. The quantitative estimate of drug-likeness (QED) is 0.462. The average molecular weight is 435 g/mol. The third-order valence-electron chi connectivity index (χ3n) is 6.36. The van der Waals surface area contributed by atoms with E-state index in [4.69, 9.17) is 4.74 Å². The third-order valence-corrected chi connectivity index (χ3v) is 8.28. The summed E-state index contributed by atoms with van der Waals surface area (Å²) in [5, 5.41) is 0. The summed E-state index contributed by atoms with van der Waals surface area (Å²) in [5.74, 6) is 0.432. The molecule has 1 heterocycles. The number of amides is 1. The summed E-state index contributed by atoms with van der Waals surface area (Å²) in [4.78, 5) is 14.9. The van der Waals surface area contributed by atoms with Gasteiger partial charge in [-0.1, -0.05) is 25.3 Å². The molecule has 1 aliphatic heterocycles. The molecule has 2 fully saturated rings. The maximum atomic E-state index is 13.0. The highest BCUT2D eigenvalue weighted by molar-refractivity contribution is 7.89. The first-order valence-corrected chi connectivity index (χ1v) is 12.4. The number of hydrogen-bond acceptors (Lipinski definition) is 4. The Morgan fingerprint density at radius 3 is 2.37 bits per heavy atom. The molecule has 7 heteroatoms. The zero-order chi connectivity index (χ0) is 21.6. The number of sulfonamides is 1. The van der Waals surface area contributed by atoms with Crippen LogP contribution in [0.2, 0.25) is 0 Å². The largest absolute Gasteiger partial charge is 0.377 e. The summed E-state index contributed by atoms with van der Waals surface area (Å²) in [5.41, 5.74) is 0.538. The van der Waals surface area contributed by atoms with Crippen molar-refractivity contribution in [2.75, 3.05) is 33.4 Å². The number of rotatable bonds is 8. The molecule has 1 aliphatic carbocycles. The van der Waals surface area contributed by atoms with Crippen LogP contribution in [0, 0.1) is 5.92 Å². The van der Waals surface area contributed by atoms with Gasteiger partial charge in [0.05, 0.1) is 11.5 Å². The smallest absolute Gasteiger partial charge is 0.253 e. The lowest BCUT2D eigenvalue weighted by Crippen LogP contribution is -2.39. The minimum absolute atomic E-state index is 0.0370. The lowest BCUT2D eigenvalue weighted by Gasteiger charge is -2.32. The van der Waals surface area contributed by atoms with Gasteiger partial charge in [0.1, 0.15) is 0 Å². The van der Waals surface area contributed by atoms with Crippen LogP contribution in [-0.2, 0) is 14.8 Å². The summed E-state index contributed by atoms with van der Waals surface area (Å²) in [6, 6.07) is 6.49. The number of carbonyl (C=O) groups is 1. The molecular formula is C23H34N2O4S. The Morgan fingerprint density at radius 1 is 1.13 bits per heavy atom. The second-order valence-corrected chi connectivity index (χ2v) is 10.4. The van der Waals surface area contributed by atoms with E-state index in [2.05, 4.69) is 6.58 Å². The van der Waals surface area contributed by atoms with Gasteiger partial charge >= 0.3 is 0 Å². The second-order valence-electron chi connectivity index (χ2n) is 8.40. The van der Waals surface area contributed by atoms with Crippen molar-refractivity contribution >= 4 is 15.9 Å². The zero-order valence-corrected chi connectivity index (χ0v) is 18.8. The molecule has 0 radical (unpaired) electrons. The van der Waals surface area contributed by atoms with Gasteiger partial charge in [0.25, 0.3) is 5.91 Å². The van der Waals surface area contributed by atoms with Crippen LogP contribution in [0.5, 0.6) is 0 Å². The minimum atomic E-state index is -3.54.